The van der Waals surface area contributed by atoms with Crippen LogP contribution in [-0.4, -0.2) is 43.0 Å². The first-order valence-electron chi connectivity index (χ1n) is 12.0. The smallest absolute Gasteiger partial charge is 0.139 e. The highest BCUT2D eigenvalue weighted by molar-refractivity contribution is 5.87. The van der Waals surface area contributed by atoms with E-state index in [1.807, 2.05) is 0 Å². The van der Waals surface area contributed by atoms with Gasteiger partial charge in [0.2, 0.25) is 0 Å². The number of ether oxygens (including phenoxy) is 1. The Morgan fingerprint density at radius 3 is 2.54 bits per heavy atom. The van der Waals surface area contributed by atoms with Crippen LogP contribution in [-0.2, 0) is 9.53 Å². The summed E-state index contributed by atoms with van der Waals surface area (Å²) in [7, 11) is 0. The minimum Gasteiger partial charge on any atom is -0.377 e. The number of allylic oxidation sites excluding steroid dienone is 1. The highest BCUT2D eigenvalue weighted by atomic mass is 16.5. The fraction of sp³-hybridized carbons (Fsp3) is 0.880. The Kier molecular flexibility index (Phi) is 5.79. The third-order valence-corrected chi connectivity index (χ3v) is 9.42. The number of hydrogen-bond donors (Lipinski definition) is 0. The Hall–Kier alpha value is -0.670. The van der Waals surface area contributed by atoms with Crippen molar-refractivity contribution in [1.29, 1.82) is 0 Å². The highest BCUT2D eigenvalue weighted by Crippen LogP contribution is 2.64. The van der Waals surface area contributed by atoms with Gasteiger partial charge in [0.05, 0.1) is 12.7 Å². The normalized spacial score (nSPS) is 42.8. The molecule has 3 saturated carbocycles. The summed E-state index contributed by atoms with van der Waals surface area (Å²) in [5.74, 6) is 2.71. The summed E-state index contributed by atoms with van der Waals surface area (Å²) in [6, 6.07) is 0. The van der Waals surface area contributed by atoms with Gasteiger partial charge in [-0.1, -0.05) is 39.3 Å². The van der Waals surface area contributed by atoms with Gasteiger partial charge in [0.1, 0.15) is 5.78 Å². The van der Waals surface area contributed by atoms with Crippen LogP contribution in [0.4, 0.5) is 0 Å². The SMILES string of the molecule is CCN(CC)CCO[C@H]1CC[C@@]2(C)C(=CC[C@@H]3[C@@H]2CC[C@]2(C)C(=O)CC[C@@H]32)C1. The largest absolute Gasteiger partial charge is 0.377 e. The first kappa shape index (κ1) is 20.6. The molecular formula is C25H41NO2. The predicted octanol–water partition coefficient (Wildman–Crippen LogP) is 5.25. The van der Waals surface area contributed by atoms with Crippen LogP contribution in [0.1, 0.15) is 79.1 Å². The van der Waals surface area contributed by atoms with Gasteiger partial charge in [-0.3, -0.25) is 4.79 Å². The van der Waals surface area contributed by atoms with Crippen LogP contribution in [0.25, 0.3) is 0 Å². The average molecular weight is 388 g/mol. The predicted molar refractivity (Wildman–Crippen MR) is 114 cm³/mol. The second-order valence-corrected chi connectivity index (χ2v) is 10.4. The second-order valence-electron chi connectivity index (χ2n) is 10.4. The lowest BCUT2D eigenvalue weighted by Crippen LogP contribution is -2.50. The molecule has 0 unspecified atom stereocenters. The fourth-order valence-corrected chi connectivity index (χ4v) is 7.43. The molecule has 0 aromatic rings. The average Bonchev–Trinajstić information content (AvgIpc) is 3.00. The van der Waals surface area contributed by atoms with Gasteiger partial charge >= 0.3 is 0 Å². The zero-order chi connectivity index (χ0) is 19.9. The molecule has 0 saturated heterocycles. The van der Waals surface area contributed by atoms with Gasteiger partial charge in [-0.2, -0.15) is 0 Å². The lowest BCUT2D eigenvalue weighted by atomic mass is 9.48. The lowest BCUT2D eigenvalue weighted by Gasteiger charge is -2.57. The van der Waals surface area contributed by atoms with Crippen molar-refractivity contribution in [3.63, 3.8) is 0 Å². The van der Waals surface area contributed by atoms with Gasteiger partial charge in [-0.25, -0.2) is 0 Å². The molecule has 0 aliphatic heterocycles. The topological polar surface area (TPSA) is 29.5 Å². The van der Waals surface area contributed by atoms with Crippen LogP contribution in [0.3, 0.4) is 0 Å². The third-order valence-electron chi connectivity index (χ3n) is 9.42. The maximum atomic E-state index is 12.6. The standard InChI is InChI=1S/C25H41NO2/c1-5-26(6-2)15-16-28-19-11-13-24(3)18(17-19)7-8-20-21-9-10-23(27)25(21,4)14-12-22(20)24/h7,19-22H,5-6,8-17H2,1-4H3/t19-,20-,21-,22-,24-,25-/m0/s1. The number of nitrogens with zero attached hydrogens (tertiary/aromatic N) is 1. The molecule has 0 radical (unpaired) electrons. The maximum Gasteiger partial charge on any atom is 0.139 e. The highest BCUT2D eigenvalue weighted by Gasteiger charge is 2.58. The molecule has 158 valence electrons. The Balaban J connectivity index is 1.42. The molecule has 4 rings (SSSR count). The quantitative estimate of drug-likeness (QED) is 0.583. The maximum absolute atomic E-state index is 12.6. The van der Waals surface area contributed by atoms with E-state index in [1.165, 1.54) is 25.7 Å². The Morgan fingerprint density at radius 2 is 1.79 bits per heavy atom. The Labute approximate surface area is 172 Å². The van der Waals surface area contributed by atoms with Crippen molar-refractivity contribution < 1.29 is 9.53 Å². The molecule has 0 aromatic carbocycles. The monoisotopic (exact) mass is 387 g/mol. The van der Waals surface area contributed by atoms with E-state index in [1.54, 1.807) is 5.57 Å². The summed E-state index contributed by atoms with van der Waals surface area (Å²) in [5.41, 5.74) is 2.03. The Bertz CT molecular complexity index is 624. The van der Waals surface area contributed by atoms with E-state index in [0.717, 1.165) is 63.8 Å². The molecule has 6 atom stereocenters. The number of Topliss-reactive ketones (excluding diaryl/α,β-unsaturated/α-hetero) is 1. The van der Waals surface area contributed by atoms with Crippen LogP contribution in [0, 0.1) is 28.6 Å². The molecule has 3 heteroatoms. The molecule has 28 heavy (non-hydrogen) atoms. The van der Waals surface area contributed by atoms with Crippen LogP contribution in [0.5, 0.6) is 0 Å². The molecule has 0 aromatic heterocycles. The second kappa shape index (κ2) is 7.87. The van der Waals surface area contributed by atoms with Gasteiger partial charge < -0.3 is 9.64 Å². The van der Waals surface area contributed by atoms with Crippen LogP contribution < -0.4 is 0 Å². The Morgan fingerprint density at radius 1 is 1.07 bits per heavy atom. The molecule has 0 spiro atoms. The number of rotatable bonds is 6. The van der Waals surface area contributed by atoms with Crippen molar-refractivity contribution in [3.05, 3.63) is 11.6 Å². The van der Waals surface area contributed by atoms with Crippen molar-refractivity contribution in [2.75, 3.05) is 26.2 Å². The summed E-state index contributed by atoms with van der Waals surface area (Å²) in [6.07, 6.45) is 12.2. The number of ketones is 1. The van der Waals surface area contributed by atoms with Gasteiger partial charge in [0.25, 0.3) is 0 Å². The first-order valence-corrected chi connectivity index (χ1v) is 12.0. The van der Waals surface area contributed by atoms with Crippen LogP contribution in [0.15, 0.2) is 11.6 Å². The van der Waals surface area contributed by atoms with E-state index < -0.39 is 0 Å². The summed E-state index contributed by atoms with van der Waals surface area (Å²) in [4.78, 5) is 15.0. The first-order chi connectivity index (χ1) is 13.4. The number of fused-ring (bicyclic) bond motifs is 5. The lowest BCUT2D eigenvalue weighted by molar-refractivity contribution is -0.132. The molecule has 4 aliphatic carbocycles. The summed E-state index contributed by atoms with van der Waals surface area (Å²) >= 11 is 0. The van der Waals surface area contributed by atoms with Gasteiger partial charge in [0, 0.05) is 18.4 Å². The van der Waals surface area contributed by atoms with Crippen molar-refractivity contribution in [3.8, 4) is 0 Å². The van der Waals surface area contributed by atoms with Crippen molar-refractivity contribution in [2.24, 2.45) is 28.6 Å². The number of carbonyl (C=O) groups is 1. The number of likely N-dealkylation sites (N-methyl/N-ethyl adjacent to an activating group) is 1. The van der Waals surface area contributed by atoms with E-state index in [4.69, 9.17) is 4.74 Å². The summed E-state index contributed by atoms with van der Waals surface area (Å²) in [5, 5.41) is 0. The van der Waals surface area contributed by atoms with E-state index in [2.05, 4.69) is 38.7 Å². The van der Waals surface area contributed by atoms with Crippen molar-refractivity contribution in [2.45, 2.75) is 85.2 Å². The molecule has 4 aliphatic rings. The van der Waals surface area contributed by atoms with Gasteiger partial charge in [0.15, 0.2) is 0 Å². The molecular weight excluding hydrogens is 346 g/mol. The fourth-order valence-electron chi connectivity index (χ4n) is 7.43. The zero-order valence-electron chi connectivity index (χ0n) is 18.6. The van der Waals surface area contributed by atoms with Crippen molar-refractivity contribution >= 4 is 5.78 Å². The third kappa shape index (κ3) is 3.31. The van der Waals surface area contributed by atoms with E-state index in [-0.39, 0.29) is 5.41 Å². The molecule has 0 bridgehead atoms. The van der Waals surface area contributed by atoms with Gasteiger partial charge in [-0.15, -0.1) is 0 Å². The minimum atomic E-state index is -0.00634. The molecule has 0 N–H and O–H groups in total. The van der Waals surface area contributed by atoms with E-state index in [0.29, 0.717) is 23.2 Å². The van der Waals surface area contributed by atoms with Crippen molar-refractivity contribution in [1.82, 2.24) is 4.90 Å². The minimum absolute atomic E-state index is 0.00634. The van der Waals surface area contributed by atoms with Gasteiger partial charge in [-0.05, 0) is 81.2 Å². The molecule has 3 fully saturated rings. The van der Waals surface area contributed by atoms with Crippen LogP contribution in [0.2, 0.25) is 0 Å². The van der Waals surface area contributed by atoms with Crippen LogP contribution >= 0.6 is 0 Å². The number of carbonyl (C=O) groups excluding carboxylic acids is 1. The molecule has 0 heterocycles. The summed E-state index contributed by atoms with van der Waals surface area (Å²) < 4.78 is 6.32. The number of hydrogen-bond acceptors (Lipinski definition) is 3. The molecule has 3 nitrogen and oxygen atoms in total. The van der Waals surface area contributed by atoms with E-state index in [9.17, 15) is 4.79 Å². The molecule has 0 amide bonds. The van der Waals surface area contributed by atoms with E-state index >= 15 is 0 Å². The summed E-state index contributed by atoms with van der Waals surface area (Å²) in [6.45, 7) is 13.4. The zero-order valence-corrected chi connectivity index (χ0v) is 18.6.